The molecule has 7 heteroatoms. The van der Waals surface area contributed by atoms with Crippen molar-refractivity contribution < 1.29 is 13.2 Å². The molecular weight excluding hydrogens is 398 g/mol. The third-order valence-corrected chi connectivity index (χ3v) is 7.73. The fraction of sp³-hybridized carbons (Fsp3) is 0.478. The van der Waals surface area contributed by atoms with Gasteiger partial charge in [0.15, 0.2) is 0 Å². The maximum atomic E-state index is 12.7. The molecule has 1 aliphatic heterocycles. The highest BCUT2D eigenvalue weighted by Crippen LogP contribution is 2.23. The second-order valence-electron chi connectivity index (χ2n) is 7.49. The van der Waals surface area contributed by atoms with E-state index in [0.29, 0.717) is 18.0 Å². The standard InChI is InChI=1S/C23H33N3O3S/c1-4-26(5-2)30(27,28)22-12-10-20(11-13-22)19(3)24-18-21-8-6-7-9-23(21)25-14-16-29-17-15-25/h6-13,19,24H,4-5,14-18H2,1-3H3. The molecule has 0 aromatic heterocycles. The molecular formula is C23H33N3O3S. The quantitative estimate of drug-likeness (QED) is 0.659. The Hall–Kier alpha value is -1.93. The molecule has 30 heavy (non-hydrogen) atoms. The summed E-state index contributed by atoms with van der Waals surface area (Å²) in [5.41, 5.74) is 3.57. The SMILES string of the molecule is CCN(CC)S(=O)(=O)c1ccc(C(C)NCc2ccccc2N2CCOCC2)cc1. The lowest BCUT2D eigenvalue weighted by molar-refractivity contribution is 0.122. The monoisotopic (exact) mass is 431 g/mol. The molecule has 0 bridgehead atoms. The summed E-state index contributed by atoms with van der Waals surface area (Å²) in [7, 11) is -3.42. The van der Waals surface area contributed by atoms with E-state index in [1.165, 1.54) is 15.6 Å². The van der Waals surface area contributed by atoms with Crippen molar-refractivity contribution >= 4 is 15.7 Å². The Labute approximate surface area is 180 Å². The molecule has 1 unspecified atom stereocenters. The number of benzene rings is 2. The zero-order valence-corrected chi connectivity index (χ0v) is 19.0. The summed E-state index contributed by atoms with van der Waals surface area (Å²) in [4.78, 5) is 2.72. The average molecular weight is 432 g/mol. The molecule has 1 N–H and O–H groups in total. The highest BCUT2D eigenvalue weighted by Gasteiger charge is 2.21. The third kappa shape index (κ3) is 5.21. The van der Waals surface area contributed by atoms with Crippen LogP contribution in [-0.4, -0.2) is 52.1 Å². The van der Waals surface area contributed by atoms with Gasteiger partial charge in [0.2, 0.25) is 10.0 Å². The van der Waals surface area contributed by atoms with E-state index < -0.39 is 10.0 Å². The van der Waals surface area contributed by atoms with Crippen LogP contribution in [0.15, 0.2) is 53.4 Å². The van der Waals surface area contributed by atoms with E-state index in [0.717, 1.165) is 38.4 Å². The largest absolute Gasteiger partial charge is 0.378 e. The van der Waals surface area contributed by atoms with Crippen molar-refractivity contribution in [2.75, 3.05) is 44.3 Å². The van der Waals surface area contributed by atoms with Gasteiger partial charge in [-0.25, -0.2) is 8.42 Å². The minimum absolute atomic E-state index is 0.105. The summed E-state index contributed by atoms with van der Waals surface area (Å²) in [6.45, 7) is 10.9. The van der Waals surface area contributed by atoms with Gasteiger partial charge in [-0.3, -0.25) is 0 Å². The summed E-state index contributed by atoms with van der Waals surface area (Å²) < 4.78 is 32.3. The minimum Gasteiger partial charge on any atom is -0.378 e. The number of hydrogen-bond acceptors (Lipinski definition) is 5. The molecule has 1 fully saturated rings. The molecule has 1 heterocycles. The van der Waals surface area contributed by atoms with Crippen molar-refractivity contribution in [2.45, 2.75) is 38.3 Å². The van der Waals surface area contributed by atoms with Gasteiger partial charge in [0.1, 0.15) is 0 Å². The van der Waals surface area contributed by atoms with E-state index >= 15 is 0 Å². The first kappa shape index (κ1) is 22.7. The fourth-order valence-electron chi connectivity index (χ4n) is 3.80. The Kier molecular flexibility index (Phi) is 7.88. The van der Waals surface area contributed by atoms with Crippen molar-refractivity contribution in [3.63, 3.8) is 0 Å². The fourth-order valence-corrected chi connectivity index (χ4v) is 5.25. The molecule has 1 aliphatic rings. The van der Waals surface area contributed by atoms with E-state index in [1.54, 1.807) is 12.1 Å². The van der Waals surface area contributed by atoms with Crippen LogP contribution in [0.2, 0.25) is 0 Å². The van der Waals surface area contributed by atoms with Gasteiger partial charge in [-0.15, -0.1) is 0 Å². The molecule has 0 amide bonds. The van der Waals surface area contributed by atoms with Gasteiger partial charge in [-0.2, -0.15) is 4.31 Å². The second-order valence-corrected chi connectivity index (χ2v) is 9.43. The van der Waals surface area contributed by atoms with Crippen molar-refractivity contribution in [2.24, 2.45) is 0 Å². The third-order valence-electron chi connectivity index (χ3n) is 5.67. The molecule has 3 rings (SSSR count). The topological polar surface area (TPSA) is 61.9 Å². The van der Waals surface area contributed by atoms with E-state index in [1.807, 2.05) is 26.0 Å². The van der Waals surface area contributed by atoms with Gasteiger partial charge < -0.3 is 15.0 Å². The van der Waals surface area contributed by atoms with Gasteiger partial charge >= 0.3 is 0 Å². The molecule has 1 atom stereocenters. The first-order valence-corrected chi connectivity index (χ1v) is 12.2. The summed E-state index contributed by atoms with van der Waals surface area (Å²) in [6, 6.07) is 15.8. The molecule has 0 radical (unpaired) electrons. The first-order chi connectivity index (χ1) is 14.5. The van der Waals surface area contributed by atoms with Crippen LogP contribution in [0.4, 0.5) is 5.69 Å². The van der Waals surface area contributed by atoms with Crippen LogP contribution in [-0.2, 0) is 21.3 Å². The maximum Gasteiger partial charge on any atom is 0.243 e. The predicted octanol–water partition coefficient (Wildman–Crippen LogP) is 3.40. The Balaban J connectivity index is 1.67. The van der Waals surface area contributed by atoms with E-state index in [9.17, 15) is 8.42 Å². The second kappa shape index (κ2) is 10.4. The highest BCUT2D eigenvalue weighted by molar-refractivity contribution is 7.89. The van der Waals surface area contributed by atoms with Crippen LogP contribution in [0.1, 0.15) is 37.9 Å². The minimum atomic E-state index is -3.42. The number of sulfonamides is 1. The highest BCUT2D eigenvalue weighted by atomic mass is 32.2. The van der Waals surface area contributed by atoms with Crippen molar-refractivity contribution in [1.29, 1.82) is 0 Å². The van der Waals surface area contributed by atoms with Gasteiger partial charge in [-0.05, 0) is 36.2 Å². The number of morpholine rings is 1. The number of ether oxygens (including phenoxy) is 1. The molecule has 0 aliphatic carbocycles. The zero-order valence-electron chi connectivity index (χ0n) is 18.2. The Morgan fingerprint density at radius 2 is 1.67 bits per heavy atom. The number of hydrogen-bond donors (Lipinski definition) is 1. The molecule has 2 aromatic carbocycles. The van der Waals surface area contributed by atoms with Crippen LogP contribution < -0.4 is 10.2 Å². The molecule has 0 spiro atoms. The summed E-state index contributed by atoms with van der Waals surface area (Å²) >= 11 is 0. The lowest BCUT2D eigenvalue weighted by atomic mass is 10.1. The van der Waals surface area contributed by atoms with Gasteiger partial charge in [0.25, 0.3) is 0 Å². The average Bonchev–Trinajstić information content (AvgIpc) is 2.79. The normalized spacial score (nSPS) is 16.1. The van der Waals surface area contributed by atoms with Gasteiger partial charge in [0, 0.05) is 44.5 Å². The van der Waals surface area contributed by atoms with Crippen LogP contribution in [0, 0.1) is 0 Å². The van der Waals surface area contributed by atoms with E-state index in [4.69, 9.17) is 4.74 Å². The van der Waals surface area contributed by atoms with Crippen LogP contribution in [0.5, 0.6) is 0 Å². The molecule has 164 valence electrons. The van der Waals surface area contributed by atoms with Crippen molar-refractivity contribution in [1.82, 2.24) is 9.62 Å². The molecule has 6 nitrogen and oxygen atoms in total. The number of nitrogens with one attached hydrogen (secondary N) is 1. The Morgan fingerprint density at radius 3 is 2.30 bits per heavy atom. The predicted molar refractivity (Wildman–Crippen MR) is 121 cm³/mol. The summed E-state index contributed by atoms with van der Waals surface area (Å²) in [5.74, 6) is 0. The zero-order chi connectivity index (χ0) is 21.6. The van der Waals surface area contributed by atoms with Crippen LogP contribution in [0.25, 0.3) is 0 Å². The molecule has 1 saturated heterocycles. The smallest absolute Gasteiger partial charge is 0.243 e. The van der Waals surface area contributed by atoms with Crippen molar-refractivity contribution in [3.8, 4) is 0 Å². The van der Waals surface area contributed by atoms with E-state index in [-0.39, 0.29) is 6.04 Å². The molecule has 2 aromatic rings. The van der Waals surface area contributed by atoms with E-state index in [2.05, 4.69) is 41.4 Å². The number of anilines is 1. The van der Waals surface area contributed by atoms with Gasteiger partial charge in [-0.1, -0.05) is 44.2 Å². The Bertz CT molecular complexity index is 906. The lowest BCUT2D eigenvalue weighted by Crippen LogP contribution is -2.37. The van der Waals surface area contributed by atoms with Crippen LogP contribution in [0.3, 0.4) is 0 Å². The molecule has 0 saturated carbocycles. The Morgan fingerprint density at radius 1 is 1.03 bits per heavy atom. The maximum absolute atomic E-state index is 12.7. The van der Waals surface area contributed by atoms with Crippen LogP contribution >= 0.6 is 0 Å². The number of nitrogens with zero attached hydrogens (tertiary/aromatic N) is 2. The van der Waals surface area contributed by atoms with Gasteiger partial charge in [0.05, 0.1) is 18.1 Å². The summed E-state index contributed by atoms with van der Waals surface area (Å²) in [6.07, 6.45) is 0. The number of para-hydroxylation sites is 1. The summed E-state index contributed by atoms with van der Waals surface area (Å²) in [5, 5.41) is 3.58. The first-order valence-electron chi connectivity index (χ1n) is 10.7. The van der Waals surface area contributed by atoms with Crippen molar-refractivity contribution in [3.05, 3.63) is 59.7 Å². The number of rotatable bonds is 9. The lowest BCUT2D eigenvalue weighted by Gasteiger charge is -2.31.